The first kappa shape index (κ1) is 18.0. The first-order valence-corrected chi connectivity index (χ1v) is 8.93. The topological polar surface area (TPSA) is 3.24 Å². The Hall–Kier alpha value is -1.81. The maximum absolute atomic E-state index is 12.8. The van der Waals surface area contributed by atoms with Crippen LogP contribution in [0.3, 0.4) is 0 Å². The van der Waals surface area contributed by atoms with Gasteiger partial charge in [-0.1, -0.05) is 48.5 Å². The van der Waals surface area contributed by atoms with E-state index < -0.39 is 11.7 Å². The molecule has 3 rings (SSSR count). The summed E-state index contributed by atoms with van der Waals surface area (Å²) in [6.07, 6.45) is -0.288. The van der Waals surface area contributed by atoms with Crippen LogP contribution in [0, 0.1) is 5.92 Å². The Morgan fingerprint density at radius 1 is 0.880 bits per heavy atom. The molecule has 0 saturated carbocycles. The highest BCUT2D eigenvalue weighted by molar-refractivity contribution is 5.25. The first-order chi connectivity index (χ1) is 12.0. The minimum atomic E-state index is -4.25. The third kappa shape index (κ3) is 5.33. The molecule has 0 radical (unpaired) electrons. The SMILES string of the molecule is FC(F)(F)c1cccc(CCC2CCN(Cc3ccccc3)CC2)c1. The summed E-state index contributed by atoms with van der Waals surface area (Å²) in [6, 6.07) is 16.2. The molecule has 0 unspecified atom stereocenters. The monoisotopic (exact) mass is 347 g/mol. The second-order valence-corrected chi connectivity index (χ2v) is 6.94. The van der Waals surface area contributed by atoms with Gasteiger partial charge in [-0.3, -0.25) is 4.90 Å². The number of hydrogen-bond acceptors (Lipinski definition) is 1. The standard InChI is InChI=1S/C21H24F3N/c22-21(23,24)20-8-4-7-18(15-20)10-9-17-11-13-25(14-12-17)16-19-5-2-1-3-6-19/h1-8,15,17H,9-14,16H2. The van der Waals surface area contributed by atoms with Gasteiger partial charge in [0.05, 0.1) is 5.56 Å². The van der Waals surface area contributed by atoms with Gasteiger partial charge < -0.3 is 0 Å². The lowest BCUT2D eigenvalue weighted by Gasteiger charge is -2.32. The summed E-state index contributed by atoms with van der Waals surface area (Å²) in [7, 11) is 0. The normalized spacial score (nSPS) is 16.9. The second-order valence-electron chi connectivity index (χ2n) is 6.94. The van der Waals surface area contributed by atoms with E-state index in [1.54, 1.807) is 6.07 Å². The van der Waals surface area contributed by atoms with E-state index in [9.17, 15) is 13.2 Å². The number of aryl methyl sites for hydroxylation is 1. The van der Waals surface area contributed by atoms with Gasteiger partial charge in [-0.15, -0.1) is 0 Å². The third-order valence-electron chi connectivity index (χ3n) is 5.05. The van der Waals surface area contributed by atoms with Crippen molar-refractivity contribution in [3.63, 3.8) is 0 Å². The van der Waals surface area contributed by atoms with E-state index in [-0.39, 0.29) is 0 Å². The molecule has 1 nitrogen and oxygen atoms in total. The molecule has 1 aliphatic rings. The van der Waals surface area contributed by atoms with Crippen molar-refractivity contribution in [1.82, 2.24) is 4.90 Å². The van der Waals surface area contributed by atoms with Crippen LogP contribution in [0.2, 0.25) is 0 Å². The van der Waals surface area contributed by atoms with E-state index in [1.165, 1.54) is 17.7 Å². The van der Waals surface area contributed by atoms with E-state index in [0.717, 1.165) is 56.9 Å². The van der Waals surface area contributed by atoms with Crippen LogP contribution in [0.25, 0.3) is 0 Å². The Morgan fingerprint density at radius 2 is 1.56 bits per heavy atom. The number of nitrogens with zero attached hydrogens (tertiary/aromatic N) is 1. The highest BCUT2D eigenvalue weighted by atomic mass is 19.4. The van der Waals surface area contributed by atoms with E-state index in [4.69, 9.17) is 0 Å². The fourth-order valence-electron chi connectivity index (χ4n) is 3.55. The molecule has 2 aromatic carbocycles. The Kier molecular flexibility index (Phi) is 5.79. The average molecular weight is 347 g/mol. The maximum atomic E-state index is 12.8. The minimum Gasteiger partial charge on any atom is -0.299 e. The van der Waals surface area contributed by atoms with Gasteiger partial charge in [0.25, 0.3) is 0 Å². The van der Waals surface area contributed by atoms with Crippen LogP contribution in [0.1, 0.15) is 36.0 Å². The van der Waals surface area contributed by atoms with Crippen molar-refractivity contribution < 1.29 is 13.2 Å². The zero-order chi connectivity index (χ0) is 17.7. The number of benzene rings is 2. The van der Waals surface area contributed by atoms with E-state index in [0.29, 0.717) is 5.92 Å². The van der Waals surface area contributed by atoms with Crippen LogP contribution in [-0.2, 0) is 19.1 Å². The highest BCUT2D eigenvalue weighted by Crippen LogP contribution is 2.30. The summed E-state index contributed by atoms with van der Waals surface area (Å²) in [5, 5.41) is 0. The number of hydrogen-bond donors (Lipinski definition) is 0. The predicted octanol–water partition coefficient (Wildman–Crippen LogP) is 5.55. The van der Waals surface area contributed by atoms with Crippen molar-refractivity contribution in [2.75, 3.05) is 13.1 Å². The fourth-order valence-corrected chi connectivity index (χ4v) is 3.55. The van der Waals surface area contributed by atoms with Crippen LogP contribution in [0.4, 0.5) is 13.2 Å². The lowest BCUT2D eigenvalue weighted by Crippen LogP contribution is -2.33. The van der Waals surface area contributed by atoms with Gasteiger partial charge in [0.15, 0.2) is 0 Å². The van der Waals surface area contributed by atoms with Crippen LogP contribution in [0.15, 0.2) is 54.6 Å². The Bertz CT molecular complexity index is 658. The van der Waals surface area contributed by atoms with Crippen molar-refractivity contribution in [2.24, 2.45) is 5.92 Å². The molecule has 0 spiro atoms. The summed E-state index contributed by atoms with van der Waals surface area (Å²) >= 11 is 0. The van der Waals surface area contributed by atoms with Crippen molar-refractivity contribution in [3.05, 3.63) is 71.3 Å². The Labute approximate surface area is 147 Å². The largest absolute Gasteiger partial charge is 0.416 e. The number of halogens is 3. The zero-order valence-corrected chi connectivity index (χ0v) is 14.3. The third-order valence-corrected chi connectivity index (χ3v) is 5.05. The van der Waals surface area contributed by atoms with Crippen LogP contribution >= 0.6 is 0 Å². The summed E-state index contributed by atoms with van der Waals surface area (Å²) in [5.41, 5.74) is 1.59. The van der Waals surface area contributed by atoms with Gasteiger partial charge in [0, 0.05) is 6.54 Å². The summed E-state index contributed by atoms with van der Waals surface area (Å²) in [5.74, 6) is 0.613. The van der Waals surface area contributed by atoms with Crippen LogP contribution < -0.4 is 0 Å². The van der Waals surface area contributed by atoms with Crippen LogP contribution in [-0.4, -0.2) is 18.0 Å². The molecule has 25 heavy (non-hydrogen) atoms. The molecule has 1 fully saturated rings. The van der Waals surface area contributed by atoms with E-state index in [2.05, 4.69) is 29.2 Å². The summed E-state index contributed by atoms with van der Waals surface area (Å²) < 4.78 is 38.3. The van der Waals surface area contributed by atoms with Crippen LogP contribution in [0.5, 0.6) is 0 Å². The van der Waals surface area contributed by atoms with E-state index in [1.807, 2.05) is 6.07 Å². The van der Waals surface area contributed by atoms with Crippen molar-refractivity contribution in [1.29, 1.82) is 0 Å². The molecule has 0 aromatic heterocycles. The highest BCUT2D eigenvalue weighted by Gasteiger charge is 2.30. The second kappa shape index (κ2) is 8.05. The van der Waals surface area contributed by atoms with Gasteiger partial charge >= 0.3 is 6.18 Å². The minimum absolute atomic E-state index is 0.539. The molecule has 0 atom stereocenters. The molecule has 1 aliphatic heterocycles. The van der Waals surface area contributed by atoms with Crippen molar-refractivity contribution in [3.8, 4) is 0 Å². The van der Waals surface area contributed by atoms with Gasteiger partial charge in [-0.2, -0.15) is 13.2 Å². The number of likely N-dealkylation sites (tertiary alicyclic amines) is 1. The van der Waals surface area contributed by atoms with Gasteiger partial charge in [-0.25, -0.2) is 0 Å². The fraction of sp³-hybridized carbons (Fsp3) is 0.429. The van der Waals surface area contributed by atoms with Crippen molar-refractivity contribution >= 4 is 0 Å². The molecule has 0 amide bonds. The average Bonchev–Trinajstić information content (AvgIpc) is 2.62. The van der Waals surface area contributed by atoms with E-state index >= 15 is 0 Å². The molecular formula is C21H24F3N. The van der Waals surface area contributed by atoms with Crippen molar-refractivity contribution in [2.45, 2.75) is 38.4 Å². The summed E-state index contributed by atoms with van der Waals surface area (Å²) in [4.78, 5) is 2.47. The molecule has 2 aromatic rings. The van der Waals surface area contributed by atoms with Gasteiger partial charge in [0.1, 0.15) is 0 Å². The lowest BCUT2D eigenvalue weighted by atomic mass is 9.90. The summed E-state index contributed by atoms with van der Waals surface area (Å²) in [6.45, 7) is 3.13. The molecular weight excluding hydrogens is 323 g/mol. The molecule has 134 valence electrons. The molecule has 1 heterocycles. The van der Waals surface area contributed by atoms with Gasteiger partial charge in [-0.05, 0) is 61.9 Å². The molecule has 0 aliphatic carbocycles. The maximum Gasteiger partial charge on any atom is 0.416 e. The zero-order valence-electron chi connectivity index (χ0n) is 14.3. The lowest BCUT2D eigenvalue weighted by molar-refractivity contribution is -0.137. The molecule has 4 heteroatoms. The Morgan fingerprint density at radius 3 is 2.24 bits per heavy atom. The molecule has 1 saturated heterocycles. The Balaban J connectivity index is 1.45. The molecule has 0 N–H and O–H groups in total. The quantitative estimate of drug-likeness (QED) is 0.685. The molecule has 0 bridgehead atoms. The predicted molar refractivity (Wildman–Crippen MR) is 94.2 cm³/mol. The number of alkyl halides is 3. The number of piperidine rings is 1. The first-order valence-electron chi connectivity index (χ1n) is 8.93. The van der Waals surface area contributed by atoms with Gasteiger partial charge in [0.2, 0.25) is 0 Å². The smallest absolute Gasteiger partial charge is 0.299 e. The number of rotatable bonds is 5.